The van der Waals surface area contributed by atoms with E-state index in [1.54, 1.807) is 11.8 Å². The Morgan fingerprint density at radius 3 is 3.10 bits per heavy atom. The van der Waals surface area contributed by atoms with Crippen LogP contribution in [0.2, 0.25) is 0 Å². The number of benzene rings is 1. The second-order valence-electron chi connectivity index (χ2n) is 5.56. The number of para-hydroxylation sites is 1. The molecule has 0 bridgehead atoms. The van der Waals surface area contributed by atoms with Crippen molar-refractivity contribution in [3.63, 3.8) is 0 Å². The number of hydrogen-bond acceptors (Lipinski definition) is 4. The summed E-state index contributed by atoms with van der Waals surface area (Å²) in [5, 5.41) is 3.47. The van der Waals surface area contributed by atoms with Gasteiger partial charge in [0.1, 0.15) is 5.94 Å². The molecule has 1 saturated heterocycles. The van der Waals surface area contributed by atoms with Crippen molar-refractivity contribution in [1.82, 2.24) is 9.63 Å². The summed E-state index contributed by atoms with van der Waals surface area (Å²) in [4.78, 5) is 5.89. The number of aromatic nitrogens is 1. The molecule has 20 heavy (non-hydrogen) atoms. The van der Waals surface area contributed by atoms with Gasteiger partial charge in [0.2, 0.25) is 0 Å². The van der Waals surface area contributed by atoms with Crippen LogP contribution >= 0.6 is 11.8 Å². The van der Waals surface area contributed by atoms with Crippen molar-refractivity contribution in [2.75, 3.05) is 18.2 Å². The van der Waals surface area contributed by atoms with Crippen molar-refractivity contribution >= 4 is 22.7 Å². The van der Waals surface area contributed by atoms with E-state index in [0.717, 1.165) is 18.7 Å². The van der Waals surface area contributed by atoms with Crippen LogP contribution in [0.5, 0.6) is 0 Å². The maximum absolute atomic E-state index is 6.44. The number of aryl methyl sites for hydroxylation is 1. The van der Waals surface area contributed by atoms with E-state index in [1.807, 2.05) is 0 Å². The minimum atomic E-state index is 0.115. The first-order chi connectivity index (χ1) is 9.77. The first kappa shape index (κ1) is 12.7. The number of fused-ring (bicyclic) bond motifs is 5. The fraction of sp³-hybridized carbons (Fsp3) is 0.467. The van der Waals surface area contributed by atoms with Gasteiger partial charge in [-0.1, -0.05) is 18.2 Å². The number of hydroxylamine groups is 2. The predicted molar refractivity (Wildman–Crippen MR) is 82.5 cm³/mol. The molecule has 106 valence electrons. The van der Waals surface area contributed by atoms with Crippen molar-refractivity contribution < 1.29 is 4.84 Å². The maximum Gasteiger partial charge on any atom is 0.114 e. The minimum absolute atomic E-state index is 0.115. The molecule has 2 aromatic rings. The first-order valence-corrected chi connectivity index (χ1v) is 8.22. The molecule has 1 aromatic heterocycles. The van der Waals surface area contributed by atoms with Gasteiger partial charge >= 0.3 is 0 Å². The SMILES string of the molecule is Cn1c2c(c3ccccc31)CCN1OCSC[C@@H](N)[C@H]21. The van der Waals surface area contributed by atoms with Crippen LogP contribution in [0, 0.1) is 0 Å². The van der Waals surface area contributed by atoms with Crippen LogP contribution in [0.1, 0.15) is 17.3 Å². The molecule has 3 heterocycles. The van der Waals surface area contributed by atoms with Crippen molar-refractivity contribution in [2.24, 2.45) is 12.8 Å². The van der Waals surface area contributed by atoms with E-state index in [2.05, 4.69) is 40.9 Å². The topological polar surface area (TPSA) is 43.4 Å². The van der Waals surface area contributed by atoms with Crippen molar-refractivity contribution in [3.05, 3.63) is 35.5 Å². The Morgan fingerprint density at radius 2 is 2.20 bits per heavy atom. The standard InChI is InChI=1S/C15H19N3OS/c1-17-13-5-3-2-4-10(13)11-6-7-18-15(14(11)17)12(16)8-20-9-19-18/h2-5,12,15H,6-9,16H2,1H3/t12-,15-/m1/s1. The molecule has 0 unspecified atom stereocenters. The zero-order chi connectivity index (χ0) is 13.7. The van der Waals surface area contributed by atoms with Crippen molar-refractivity contribution in [1.29, 1.82) is 0 Å². The molecule has 5 heteroatoms. The van der Waals surface area contributed by atoms with E-state index in [-0.39, 0.29) is 12.1 Å². The lowest BCUT2D eigenvalue weighted by molar-refractivity contribution is -0.176. The molecule has 0 radical (unpaired) electrons. The molecular weight excluding hydrogens is 270 g/mol. The highest BCUT2D eigenvalue weighted by Crippen LogP contribution is 2.39. The minimum Gasteiger partial charge on any atom is -0.346 e. The molecule has 2 aliphatic rings. The second-order valence-corrected chi connectivity index (χ2v) is 6.53. The van der Waals surface area contributed by atoms with Gasteiger partial charge in [-0.3, -0.25) is 4.84 Å². The van der Waals surface area contributed by atoms with Crippen LogP contribution in [-0.4, -0.2) is 33.9 Å². The fourth-order valence-electron chi connectivity index (χ4n) is 3.57. The van der Waals surface area contributed by atoms with Crippen LogP contribution in [0.4, 0.5) is 0 Å². The summed E-state index contributed by atoms with van der Waals surface area (Å²) in [5.41, 5.74) is 10.5. The number of nitrogens with two attached hydrogens (primary N) is 1. The molecule has 0 aliphatic carbocycles. The van der Waals surface area contributed by atoms with Crippen LogP contribution < -0.4 is 5.73 Å². The smallest absolute Gasteiger partial charge is 0.114 e. The van der Waals surface area contributed by atoms with Gasteiger partial charge in [0, 0.05) is 42.0 Å². The molecule has 1 fully saturated rings. The molecular formula is C15H19N3OS. The Bertz CT molecular complexity index is 654. The monoisotopic (exact) mass is 289 g/mol. The predicted octanol–water partition coefficient (Wildman–Crippen LogP) is 2.04. The summed E-state index contributed by atoms with van der Waals surface area (Å²) in [6, 6.07) is 8.92. The van der Waals surface area contributed by atoms with Crippen LogP contribution in [-0.2, 0) is 18.3 Å². The lowest BCUT2D eigenvalue weighted by atomic mass is 9.95. The largest absolute Gasteiger partial charge is 0.346 e. The molecule has 4 rings (SSSR count). The van der Waals surface area contributed by atoms with Crippen molar-refractivity contribution in [2.45, 2.75) is 18.5 Å². The molecule has 0 amide bonds. The third kappa shape index (κ3) is 1.74. The van der Waals surface area contributed by atoms with Crippen LogP contribution in [0.15, 0.2) is 24.3 Å². The van der Waals surface area contributed by atoms with Crippen molar-refractivity contribution in [3.8, 4) is 0 Å². The first-order valence-electron chi connectivity index (χ1n) is 7.06. The van der Waals surface area contributed by atoms with E-state index < -0.39 is 0 Å². The number of nitrogens with zero attached hydrogens (tertiary/aromatic N) is 2. The van der Waals surface area contributed by atoms with E-state index in [1.165, 1.54) is 22.2 Å². The fourth-order valence-corrected chi connectivity index (χ4v) is 4.33. The Morgan fingerprint density at radius 1 is 1.35 bits per heavy atom. The highest BCUT2D eigenvalue weighted by Gasteiger charge is 2.37. The highest BCUT2D eigenvalue weighted by molar-refractivity contribution is 7.99. The number of rotatable bonds is 0. The Kier molecular flexibility index (Phi) is 3.03. The third-order valence-electron chi connectivity index (χ3n) is 4.45. The van der Waals surface area contributed by atoms with Gasteiger partial charge in [-0.2, -0.15) is 5.06 Å². The van der Waals surface area contributed by atoms with Gasteiger partial charge in [0.15, 0.2) is 0 Å². The maximum atomic E-state index is 6.44. The lowest BCUT2D eigenvalue weighted by Gasteiger charge is -2.36. The quantitative estimate of drug-likeness (QED) is 0.806. The summed E-state index contributed by atoms with van der Waals surface area (Å²) in [7, 11) is 2.15. The van der Waals surface area contributed by atoms with E-state index in [0.29, 0.717) is 5.94 Å². The molecule has 2 atom stereocenters. The summed E-state index contributed by atoms with van der Waals surface area (Å²) >= 11 is 1.78. The van der Waals surface area contributed by atoms with Crippen LogP contribution in [0.25, 0.3) is 10.9 Å². The van der Waals surface area contributed by atoms with Gasteiger partial charge in [-0.25, -0.2) is 0 Å². The van der Waals surface area contributed by atoms with E-state index in [9.17, 15) is 0 Å². The van der Waals surface area contributed by atoms with E-state index in [4.69, 9.17) is 10.6 Å². The average molecular weight is 289 g/mol. The van der Waals surface area contributed by atoms with Gasteiger partial charge < -0.3 is 10.3 Å². The average Bonchev–Trinajstić information content (AvgIpc) is 2.64. The Labute approximate surface area is 122 Å². The molecule has 1 aromatic carbocycles. The number of hydrogen-bond donors (Lipinski definition) is 1. The zero-order valence-electron chi connectivity index (χ0n) is 11.6. The van der Waals surface area contributed by atoms with Gasteiger partial charge in [0.25, 0.3) is 0 Å². The van der Waals surface area contributed by atoms with E-state index >= 15 is 0 Å². The third-order valence-corrected chi connectivity index (χ3v) is 5.34. The Balaban J connectivity index is 1.94. The summed E-state index contributed by atoms with van der Waals surface area (Å²) in [6.45, 7) is 0.930. The Hall–Kier alpha value is -1.01. The molecule has 0 saturated carbocycles. The van der Waals surface area contributed by atoms with Gasteiger partial charge in [-0.05, 0) is 18.1 Å². The number of thioether (sulfide) groups is 1. The summed E-state index contributed by atoms with van der Waals surface area (Å²) in [6.07, 6.45) is 1.03. The molecule has 2 aliphatic heterocycles. The van der Waals surface area contributed by atoms with Crippen LogP contribution in [0.3, 0.4) is 0 Å². The second kappa shape index (κ2) is 4.77. The zero-order valence-corrected chi connectivity index (χ0v) is 12.4. The molecule has 4 nitrogen and oxygen atoms in total. The van der Waals surface area contributed by atoms with Gasteiger partial charge in [-0.15, -0.1) is 11.8 Å². The summed E-state index contributed by atoms with van der Waals surface area (Å²) < 4.78 is 2.31. The normalized spacial score (nSPS) is 27.1. The highest BCUT2D eigenvalue weighted by atomic mass is 32.2. The lowest BCUT2D eigenvalue weighted by Crippen LogP contribution is -2.45. The molecule has 0 spiro atoms. The van der Waals surface area contributed by atoms with Gasteiger partial charge in [0.05, 0.1) is 6.04 Å². The summed E-state index contributed by atoms with van der Waals surface area (Å²) in [5.74, 6) is 1.66. The molecule has 2 N–H and O–H groups in total.